The lowest BCUT2D eigenvalue weighted by Gasteiger charge is -2.30. The van der Waals surface area contributed by atoms with E-state index in [9.17, 15) is 0 Å². The van der Waals surface area contributed by atoms with Crippen LogP contribution in [0.25, 0.3) is 0 Å². The fourth-order valence-corrected chi connectivity index (χ4v) is 4.43. The van der Waals surface area contributed by atoms with E-state index >= 15 is 0 Å². The van der Waals surface area contributed by atoms with Crippen LogP contribution in [-0.2, 0) is 5.75 Å². The number of hydrogen-bond acceptors (Lipinski definition) is 2. The molecule has 1 aromatic rings. The Labute approximate surface area is 114 Å². The first-order valence-electron chi connectivity index (χ1n) is 7.33. The van der Waals surface area contributed by atoms with Crippen molar-refractivity contribution in [2.45, 2.75) is 43.5 Å². The van der Waals surface area contributed by atoms with Gasteiger partial charge in [-0.3, -0.25) is 0 Å². The average molecular weight is 259 g/mol. The van der Waals surface area contributed by atoms with Gasteiger partial charge in [-0.15, -0.1) is 0 Å². The van der Waals surface area contributed by atoms with Crippen molar-refractivity contribution in [3.05, 3.63) is 35.4 Å². The summed E-state index contributed by atoms with van der Waals surface area (Å²) in [6.45, 7) is 0. The second kappa shape index (κ2) is 4.57. The van der Waals surface area contributed by atoms with Gasteiger partial charge in [-0.25, -0.2) is 0 Å². The Hall–Kier alpha value is -0.470. The van der Waals surface area contributed by atoms with Crippen molar-refractivity contribution in [1.82, 2.24) is 5.32 Å². The lowest BCUT2D eigenvalue weighted by Crippen LogP contribution is -2.38. The molecule has 2 saturated carbocycles. The second-order valence-corrected chi connectivity index (χ2v) is 7.16. The Kier molecular flexibility index (Phi) is 2.89. The van der Waals surface area contributed by atoms with Crippen molar-refractivity contribution in [2.75, 3.05) is 5.75 Å². The number of thioether (sulfide) groups is 1. The summed E-state index contributed by atoms with van der Waals surface area (Å²) in [7, 11) is 0. The summed E-state index contributed by atoms with van der Waals surface area (Å²) >= 11 is 2.09. The van der Waals surface area contributed by atoms with E-state index < -0.39 is 0 Å². The molecule has 4 rings (SSSR count). The van der Waals surface area contributed by atoms with Gasteiger partial charge in [0, 0.05) is 23.6 Å². The average Bonchev–Trinajstić information content (AvgIpc) is 3.29. The highest BCUT2D eigenvalue weighted by Crippen LogP contribution is 2.46. The number of fused-ring (bicyclic) bond motifs is 1. The quantitative estimate of drug-likeness (QED) is 0.883. The maximum Gasteiger partial charge on any atom is 0.0417 e. The molecule has 2 heteroatoms. The van der Waals surface area contributed by atoms with Crippen LogP contribution in [0.3, 0.4) is 0 Å². The molecule has 96 valence electrons. The van der Waals surface area contributed by atoms with Crippen LogP contribution in [0, 0.1) is 11.8 Å². The molecular formula is C16H21NS. The second-order valence-electron chi connectivity index (χ2n) is 6.13. The van der Waals surface area contributed by atoms with Crippen LogP contribution >= 0.6 is 11.8 Å². The van der Waals surface area contributed by atoms with Gasteiger partial charge in [0.2, 0.25) is 0 Å². The van der Waals surface area contributed by atoms with E-state index in [4.69, 9.17) is 0 Å². The molecule has 0 amide bonds. The Morgan fingerprint density at radius 1 is 1.06 bits per heavy atom. The van der Waals surface area contributed by atoms with Crippen molar-refractivity contribution in [3.63, 3.8) is 0 Å². The summed E-state index contributed by atoms with van der Waals surface area (Å²) in [5.41, 5.74) is 3.12. The Morgan fingerprint density at radius 3 is 2.50 bits per heavy atom. The third-order valence-corrected chi connectivity index (χ3v) is 5.71. The zero-order chi connectivity index (χ0) is 11.9. The van der Waals surface area contributed by atoms with E-state index in [2.05, 4.69) is 41.3 Å². The van der Waals surface area contributed by atoms with E-state index in [1.165, 1.54) is 37.2 Å². The molecule has 0 bridgehead atoms. The summed E-state index contributed by atoms with van der Waals surface area (Å²) < 4.78 is 0. The lowest BCUT2D eigenvalue weighted by atomic mass is 9.99. The van der Waals surface area contributed by atoms with E-state index in [1.807, 2.05) is 0 Å². The van der Waals surface area contributed by atoms with Gasteiger partial charge in [-0.05, 0) is 48.6 Å². The minimum absolute atomic E-state index is 0.603. The van der Waals surface area contributed by atoms with E-state index in [0.717, 1.165) is 17.9 Å². The van der Waals surface area contributed by atoms with E-state index in [-0.39, 0.29) is 0 Å². The molecule has 1 nitrogen and oxygen atoms in total. The third-order valence-electron chi connectivity index (χ3n) is 4.63. The summed E-state index contributed by atoms with van der Waals surface area (Å²) in [4.78, 5) is 0. The van der Waals surface area contributed by atoms with Crippen LogP contribution in [0.5, 0.6) is 0 Å². The minimum atomic E-state index is 0.603. The van der Waals surface area contributed by atoms with Crippen LogP contribution in [-0.4, -0.2) is 11.8 Å². The SMILES string of the molecule is c1ccc2c(c1)CSCC2NC(C1CC1)C1CC1. The Bertz CT molecular complexity index is 424. The van der Waals surface area contributed by atoms with Gasteiger partial charge in [0.25, 0.3) is 0 Å². The van der Waals surface area contributed by atoms with Crippen molar-refractivity contribution in [3.8, 4) is 0 Å². The Morgan fingerprint density at radius 2 is 1.78 bits per heavy atom. The molecule has 2 fully saturated rings. The highest BCUT2D eigenvalue weighted by Gasteiger charge is 2.42. The number of rotatable bonds is 4. The summed E-state index contributed by atoms with van der Waals surface area (Å²) in [5, 5.41) is 4.02. The maximum atomic E-state index is 4.02. The largest absolute Gasteiger partial charge is 0.306 e. The number of nitrogens with one attached hydrogen (secondary N) is 1. The molecule has 0 spiro atoms. The highest BCUT2D eigenvalue weighted by atomic mass is 32.2. The molecule has 18 heavy (non-hydrogen) atoms. The highest BCUT2D eigenvalue weighted by molar-refractivity contribution is 7.98. The zero-order valence-corrected chi connectivity index (χ0v) is 11.6. The first-order valence-corrected chi connectivity index (χ1v) is 8.49. The van der Waals surface area contributed by atoms with Gasteiger partial charge in [-0.2, -0.15) is 11.8 Å². The predicted octanol–water partition coefficient (Wildman–Crippen LogP) is 3.75. The molecular weight excluding hydrogens is 238 g/mol. The third kappa shape index (κ3) is 2.21. The van der Waals surface area contributed by atoms with Crippen molar-refractivity contribution in [2.24, 2.45) is 11.8 Å². The van der Waals surface area contributed by atoms with Gasteiger partial charge in [0.15, 0.2) is 0 Å². The first-order chi connectivity index (χ1) is 8.92. The zero-order valence-electron chi connectivity index (χ0n) is 10.8. The van der Waals surface area contributed by atoms with Crippen LogP contribution in [0.2, 0.25) is 0 Å². The monoisotopic (exact) mass is 259 g/mol. The first kappa shape index (κ1) is 11.4. The van der Waals surface area contributed by atoms with Gasteiger partial charge in [0.05, 0.1) is 0 Å². The molecule has 0 radical (unpaired) electrons. The molecule has 2 aliphatic carbocycles. The van der Waals surface area contributed by atoms with Crippen LogP contribution in [0.15, 0.2) is 24.3 Å². The number of hydrogen-bond donors (Lipinski definition) is 1. The fourth-order valence-electron chi connectivity index (χ4n) is 3.32. The summed E-state index contributed by atoms with van der Waals surface area (Å²) in [5.74, 6) is 4.45. The molecule has 1 atom stereocenters. The van der Waals surface area contributed by atoms with Gasteiger partial charge in [-0.1, -0.05) is 24.3 Å². The molecule has 0 aromatic heterocycles. The van der Waals surface area contributed by atoms with E-state index in [0.29, 0.717) is 6.04 Å². The molecule has 1 unspecified atom stereocenters. The van der Waals surface area contributed by atoms with Gasteiger partial charge >= 0.3 is 0 Å². The van der Waals surface area contributed by atoms with Crippen molar-refractivity contribution >= 4 is 11.8 Å². The predicted molar refractivity (Wildman–Crippen MR) is 77.7 cm³/mol. The van der Waals surface area contributed by atoms with Crippen LogP contribution < -0.4 is 5.32 Å². The Balaban J connectivity index is 1.54. The molecule has 1 N–H and O–H groups in total. The van der Waals surface area contributed by atoms with Crippen LogP contribution in [0.4, 0.5) is 0 Å². The molecule has 1 aliphatic heterocycles. The summed E-state index contributed by atoms with van der Waals surface area (Å²) in [6, 6.07) is 10.4. The smallest absolute Gasteiger partial charge is 0.0417 e. The van der Waals surface area contributed by atoms with Crippen LogP contribution in [0.1, 0.15) is 42.9 Å². The standard InChI is InChI=1S/C16H21NS/c1-2-4-14-13(3-1)9-18-10-15(14)17-16(11-5-6-11)12-7-8-12/h1-4,11-12,15-17H,5-10H2. The topological polar surface area (TPSA) is 12.0 Å². The number of benzene rings is 1. The fraction of sp³-hybridized carbons (Fsp3) is 0.625. The molecule has 3 aliphatic rings. The summed E-state index contributed by atoms with van der Waals surface area (Å²) in [6.07, 6.45) is 5.87. The molecule has 1 heterocycles. The lowest BCUT2D eigenvalue weighted by molar-refractivity contribution is 0.378. The van der Waals surface area contributed by atoms with Crippen molar-refractivity contribution in [1.29, 1.82) is 0 Å². The maximum absolute atomic E-state index is 4.02. The van der Waals surface area contributed by atoms with E-state index in [1.54, 1.807) is 11.1 Å². The minimum Gasteiger partial charge on any atom is -0.306 e. The molecule has 1 aromatic carbocycles. The normalized spacial score (nSPS) is 27.3. The van der Waals surface area contributed by atoms with Crippen molar-refractivity contribution < 1.29 is 0 Å². The molecule has 0 saturated heterocycles. The van der Waals surface area contributed by atoms with Gasteiger partial charge in [0.1, 0.15) is 0 Å². The van der Waals surface area contributed by atoms with Gasteiger partial charge < -0.3 is 5.32 Å².